The minimum atomic E-state index is 0.542. The average Bonchev–Trinajstić information content (AvgIpc) is 2.71. The first-order valence-corrected chi connectivity index (χ1v) is 5.31. The number of nitrogens with two attached hydrogens (primary N) is 1. The van der Waals surface area contributed by atoms with Crippen LogP contribution in [-0.2, 0) is 13.6 Å². The monoisotopic (exact) mass is 207 g/mol. The summed E-state index contributed by atoms with van der Waals surface area (Å²) >= 11 is 1.75. The summed E-state index contributed by atoms with van der Waals surface area (Å²) in [6, 6.07) is 4.20. The van der Waals surface area contributed by atoms with Gasteiger partial charge in [0.15, 0.2) is 0 Å². The Morgan fingerprint density at radius 3 is 2.86 bits per heavy atom. The van der Waals surface area contributed by atoms with Gasteiger partial charge in [-0.1, -0.05) is 0 Å². The van der Waals surface area contributed by atoms with Crippen molar-refractivity contribution in [2.24, 2.45) is 12.8 Å². The number of aryl methyl sites for hydroxylation is 2. The number of hydrogen-bond donors (Lipinski definition) is 1. The summed E-state index contributed by atoms with van der Waals surface area (Å²) in [7, 11) is 1.92. The molecule has 2 N–H and O–H groups in total. The van der Waals surface area contributed by atoms with Crippen molar-refractivity contribution >= 4 is 11.3 Å². The second-order valence-corrected chi connectivity index (χ2v) is 4.58. The highest BCUT2D eigenvalue weighted by Gasteiger charge is 2.09. The van der Waals surface area contributed by atoms with E-state index >= 15 is 0 Å². The quantitative estimate of drug-likeness (QED) is 0.817. The van der Waals surface area contributed by atoms with Gasteiger partial charge in [-0.2, -0.15) is 5.10 Å². The number of nitrogens with zero attached hydrogens (tertiary/aromatic N) is 2. The molecule has 0 bridgehead atoms. The van der Waals surface area contributed by atoms with Crippen molar-refractivity contribution in [1.29, 1.82) is 0 Å². The number of hydrogen-bond acceptors (Lipinski definition) is 3. The molecule has 0 saturated heterocycles. The van der Waals surface area contributed by atoms with Crippen LogP contribution < -0.4 is 5.73 Å². The first-order valence-electron chi connectivity index (χ1n) is 4.50. The molecule has 4 heteroatoms. The molecule has 0 aliphatic rings. The van der Waals surface area contributed by atoms with Crippen LogP contribution in [0.15, 0.2) is 18.3 Å². The lowest BCUT2D eigenvalue weighted by molar-refractivity contribution is 0.770. The first-order chi connectivity index (χ1) is 6.70. The van der Waals surface area contributed by atoms with Gasteiger partial charge in [0.1, 0.15) is 5.69 Å². The van der Waals surface area contributed by atoms with Crippen molar-refractivity contribution < 1.29 is 0 Å². The Labute approximate surface area is 87.2 Å². The summed E-state index contributed by atoms with van der Waals surface area (Å²) in [6.07, 6.45) is 1.98. The van der Waals surface area contributed by atoms with Gasteiger partial charge in [0, 0.05) is 30.2 Å². The van der Waals surface area contributed by atoms with Gasteiger partial charge in [0.05, 0.1) is 4.88 Å². The molecule has 0 fully saturated rings. The molecule has 0 amide bonds. The SMILES string of the molecule is Cc1ccc(-c2nn(C)cc2CN)s1. The number of rotatable bonds is 2. The second-order valence-electron chi connectivity index (χ2n) is 3.29. The Balaban J connectivity index is 2.49. The molecule has 2 rings (SSSR count). The molecular weight excluding hydrogens is 194 g/mol. The van der Waals surface area contributed by atoms with Crippen LogP contribution in [0.4, 0.5) is 0 Å². The van der Waals surface area contributed by atoms with Crippen molar-refractivity contribution in [3.63, 3.8) is 0 Å². The molecule has 0 aliphatic heterocycles. The van der Waals surface area contributed by atoms with Crippen molar-refractivity contribution in [3.05, 3.63) is 28.8 Å². The third kappa shape index (κ3) is 1.58. The molecule has 0 spiro atoms. The second kappa shape index (κ2) is 3.55. The minimum absolute atomic E-state index is 0.542. The minimum Gasteiger partial charge on any atom is -0.326 e. The van der Waals surface area contributed by atoms with E-state index in [9.17, 15) is 0 Å². The highest BCUT2D eigenvalue weighted by atomic mass is 32.1. The van der Waals surface area contributed by atoms with Crippen molar-refractivity contribution in [2.75, 3.05) is 0 Å². The molecule has 14 heavy (non-hydrogen) atoms. The Bertz CT molecular complexity index is 442. The van der Waals surface area contributed by atoms with E-state index < -0.39 is 0 Å². The topological polar surface area (TPSA) is 43.8 Å². The number of thiophene rings is 1. The smallest absolute Gasteiger partial charge is 0.107 e. The van der Waals surface area contributed by atoms with Gasteiger partial charge in [0.2, 0.25) is 0 Å². The van der Waals surface area contributed by atoms with Gasteiger partial charge in [-0.25, -0.2) is 0 Å². The van der Waals surface area contributed by atoms with Crippen LogP contribution in [0.3, 0.4) is 0 Å². The molecular formula is C10H13N3S. The first kappa shape index (κ1) is 9.43. The maximum Gasteiger partial charge on any atom is 0.107 e. The summed E-state index contributed by atoms with van der Waals surface area (Å²) < 4.78 is 1.81. The Kier molecular flexibility index (Phi) is 2.39. The van der Waals surface area contributed by atoms with Crippen LogP contribution in [-0.4, -0.2) is 9.78 Å². The molecule has 0 atom stereocenters. The standard InChI is InChI=1S/C10H13N3S/c1-7-3-4-9(14-7)10-8(5-11)6-13(2)12-10/h3-4,6H,5,11H2,1-2H3. The molecule has 2 aromatic rings. The summed E-state index contributed by atoms with van der Waals surface area (Å²) in [5.41, 5.74) is 7.79. The normalized spacial score (nSPS) is 10.8. The molecule has 0 aliphatic carbocycles. The Morgan fingerprint density at radius 2 is 2.29 bits per heavy atom. The van der Waals surface area contributed by atoms with Crippen LogP contribution in [0.1, 0.15) is 10.4 Å². The molecule has 2 aromatic heterocycles. The zero-order valence-electron chi connectivity index (χ0n) is 8.32. The van der Waals surface area contributed by atoms with Gasteiger partial charge in [-0.15, -0.1) is 11.3 Å². The fourth-order valence-electron chi connectivity index (χ4n) is 1.46. The van der Waals surface area contributed by atoms with Crippen LogP contribution in [0.25, 0.3) is 10.6 Å². The third-order valence-electron chi connectivity index (χ3n) is 2.10. The lowest BCUT2D eigenvalue weighted by Gasteiger charge is -1.94. The molecule has 0 aromatic carbocycles. The van der Waals surface area contributed by atoms with Crippen LogP contribution in [0.5, 0.6) is 0 Å². The average molecular weight is 207 g/mol. The van der Waals surface area contributed by atoms with Gasteiger partial charge < -0.3 is 5.73 Å². The molecule has 2 heterocycles. The van der Waals surface area contributed by atoms with Gasteiger partial charge in [-0.3, -0.25) is 4.68 Å². The van der Waals surface area contributed by atoms with E-state index in [0.29, 0.717) is 6.54 Å². The van der Waals surface area contributed by atoms with E-state index in [2.05, 4.69) is 24.2 Å². The Hall–Kier alpha value is -1.13. The lowest BCUT2D eigenvalue weighted by atomic mass is 10.2. The van der Waals surface area contributed by atoms with Gasteiger partial charge in [-0.05, 0) is 19.1 Å². The molecule has 74 valence electrons. The van der Waals surface area contributed by atoms with E-state index in [0.717, 1.165) is 11.3 Å². The van der Waals surface area contributed by atoms with E-state index in [1.165, 1.54) is 9.75 Å². The predicted octanol–water partition coefficient (Wildman–Crippen LogP) is 1.92. The zero-order valence-corrected chi connectivity index (χ0v) is 9.14. The number of aromatic nitrogens is 2. The van der Waals surface area contributed by atoms with E-state index in [-0.39, 0.29) is 0 Å². The van der Waals surface area contributed by atoms with Gasteiger partial charge in [0.25, 0.3) is 0 Å². The highest BCUT2D eigenvalue weighted by molar-refractivity contribution is 7.15. The fourth-order valence-corrected chi connectivity index (χ4v) is 2.34. The van der Waals surface area contributed by atoms with E-state index in [1.807, 2.05) is 17.9 Å². The van der Waals surface area contributed by atoms with Crippen molar-refractivity contribution in [1.82, 2.24) is 9.78 Å². The van der Waals surface area contributed by atoms with E-state index in [4.69, 9.17) is 5.73 Å². The van der Waals surface area contributed by atoms with Gasteiger partial charge >= 0.3 is 0 Å². The molecule has 3 nitrogen and oxygen atoms in total. The molecule has 0 radical (unpaired) electrons. The predicted molar refractivity (Wildman–Crippen MR) is 59.1 cm³/mol. The fraction of sp³-hybridized carbons (Fsp3) is 0.300. The van der Waals surface area contributed by atoms with E-state index in [1.54, 1.807) is 11.3 Å². The van der Waals surface area contributed by atoms with Crippen molar-refractivity contribution in [2.45, 2.75) is 13.5 Å². The maximum absolute atomic E-state index is 5.66. The lowest BCUT2D eigenvalue weighted by Crippen LogP contribution is -1.95. The molecule has 0 unspecified atom stereocenters. The van der Waals surface area contributed by atoms with Crippen molar-refractivity contribution in [3.8, 4) is 10.6 Å². The summed E-state index contributed by atoms with van der Waals surface area (Å²) in [5, 5.41) is 4.41. The summed E-state index contributed by atoms with van der Waals surface area (Å²) in [5.74, 6) is 0. The molecule has 0 saturated carbocycles. The van der Waals surface area contributed by atoms with Crippen LogP contribution >= 0.6 is 11.3 Å². The summed E-state index contributed by atoms with van der Waals surface area (Å²) in [6.45, 7) is 2.64. The summed E-state index contributed by atoms with van der Waals surface area (Å²) in [4.78, 5) is 2.50. The van der Waals surface area contributed by atoms with Crippen LogP contribution in [0.2, 0.25) is 0 Å². The highest BCUT2D eigenvalue weighted by Crippen LogP contribution is 2.28. The van der Waals surface area contributed by atoms with Crippen LogP contribution in [0, 0.1) is 6.92 Å². The third-order valence-corrected chi connectivity index (χ3v) is 3.11. The maximum atomic E-state index is 5.66. The largest absolute Gasteiger partial charge is 0.326 e. The Morgan fingerprint density at radius 1 is 1.50 bits per heavy atom. The zero-order chi connectivity index (χ0) is 10.1.